The Labute approximate surface area is 151 Å². The molecule has 0 unspecified atom stereocenters. The van der Waals surface area contributed by atoms with Crippen LogP contribution in [0, 0.1) is 0 Å². The van der Waals surface area contributed by atoms with Crippen molar-refractivity contribution in [2.24, 2.45) is 0 Å². The van der Waals surface area contributed by atoms with Gasteiger partial charge in [-0.15, -0.1) is 0 Å². The zero-order valence-electron chi connectivity index (χ0n) is 14.5. The van der Waals surface area contributed by atoms with Crippen LogP contribution < -0.4 is 10.6 Å². The van der Waals surface area contributed by atoms with E-state index in [2.05, 4.69) is 50.8 Å². The lowest BCUT2D eigenvalue weighted by molar-refractivity contribution is -0.115. The fourth-order valence-corrected chi connectivity index (χ4v) is 2.54. The summed E-state index contributed by atoms with van der Waals surface area (Å²) in [5, 5.41) is 10.0. The number of benzene rings is 1. The molecule has 2 N–H and O–H groups in total. The molecule has 0 radical (unpaired) electrons. The van der Waals surface area contributed by atoms with Gasteiger partial charge >= 0.3 is 0 Å². The number of hydrogen-bond acceptors (Lipinski definition) is 4. The molecule has 2 rings (SSSR count). The van der Waals surface area contributed by atoms with E-state index in [1.54, 1.807) is 6.07 Å². The van der Waals surface area contributed by atoms with Gasteiger partial charge in [-0.25, -0.2) is 0 Å². The van der Waals surface area contributed by atoms with Crippen LogP contribution in [0.2, 0.25) is 0 Å². The molecule has 24 heavy (non-hydrogen) atoms. The van der Waals surface area contributed by atoms with Crippen molar-refractivity contribution in [2.45, 2.75) is 45.6 Å². The second kappa shape index (κ2) is 7.94. The molecule has 0 fully saturated rings. The molecule has 0 aliphatic carbocycles. The van der Waals surface area contributed by atoms with Crippen LogP contribution in [0.1, 0.15) is 51.4 Å². The van der Waals surface area contributed by atoms with Crippen LogP contribution in [0.4, 0.5) is 5.88 Å². The quantitative estimate of drug-likeness (QED) is 0.762. The van der Waals surface area contributed by atoms with E-state index in [1.165, 1.54) is 0 Å². The van der Waals surface area contributed by atoms with Crippen molar-refractivity contribution in [1.29, 1.82) is 0 Å². The van der Waals surface area contributed by atoms with Crippen molar-refractivity contribution in [2.75, 3.05) is 11.9 Å². The Morgan fingerprint density at radius 3 is 2.50 bits per heavy atom. The van der Waals surface area contributed by atoms with Crippen LogP contribution >= 0.6 is 15.9 Å². The molecule has 6 heteroatoms. The average Bonchev–Trinajstić information content (AvgIpc) is 2.98. The summed E-state index contributed by atoms with van der Waals surface area (Å²) in [6.45, 7) is 8.43. The molecule has 130 valence electrons. The fourth-order valence-electron chi connectivity index (χ4n) is 2.28. The number of nitrogens with zero attached hydrogens (tertiary/aromatic N) is 1. The first-order valence-corrected chi connectivity index (χ1v) is 8.84. The first kappa shape index (κ1) is 18.7. The van der Waals surface area contributed by atoms with Gasteiger partial charge in [0.05, 0.1) is 12.2 Å². The molecular weight excluding hydrogens is 370 g/mol. The molecule has 0 saturated carbocycles. The molecule has 1 atom stereocenters. The number of aromatic nitrogens is 1. The highest BCUT2D eigenvalue weighted by molar-refractivity contribution is 9.10. The van der Waals surface area contributed by atoms with Gasteiger partial charge < -0.3 is 9.84 Å². The minimum absolute atomic E-state index is 0.111. The van der Waals surface area contributed by atoms with Gasteiger partial charge in [-0.1, -0.05) is 60.9 Å². The maximum absolute atomic E-state index is 12.1. The monoisotopic (exact) mass is 393 g/mol. The fraction of sp³-hybridized carbons (Fsp3) is 0.444. The smallest absolute Gasteiger partial charge is 0.240 e. The maximum Gasteiger partial charge on any atom is 0.240 e. The Kier molecular flexibility index (Phi) is 6.18. The highest BCUT2D eigenvalue weighted by Crippen LogP contribution is 2.23. The van der Waals surface area contributed by atoms with Gasteiger partial charge in [0.25, 0.3) is 0 Å². The van der Waals surface area contributed by atoms with Gasteiger partial charge in [0.1, 0.15) is 0 Å². The summed E-state index contributed by atoms with van der Waals surface area (Å²) in [7, 11) is 0. The lowest BCUT2D eigenvalue weighted by Gasteiger charge is -2.17. The molecule has 0 aliphatic rings. The topological polar surface area (TPSA) is 67.2 Å². The second-order valence-corrected chi connectivity index (χ2v) is 7.68. The molecule has 1 amide bonds. The van der Waals surface area contributed by atoms with Crippen LogP contribution in [-0.2, 0) is 10.2 Å². The first-order valence-electron chi connectivity index (χ1n) is 8.05. The summed E-state index contributed by atoms with van der Waals surface area (Å²) in [5.74, 6) is 0.227. The van der Waals surface area contributed by atoms with Gasteiger partial charge in [-0.05, 0) is 24.1 Å². The minimum atomic E-state index is -0.151. The standard InChI is InChI=1S/C18H24BrN3O2/c1-5-14(12-6-8-13(19)9-7-12)20-11-16(23)21-17-10-15(22-24-17)18(2,3)4/h6-10,14,20H,5,11H2,1-4H3,(H,21,23)/t14-/m0/s1. The number of carbonyl (C=O) groups excluding carboxylic acids is 1. The van der Waals surface area contributed by atoms with Gasteiger partial charge in [0.15, 0.2) is 0 Å². The van der Waals surface area contributed by atoms with Crippen molar-refractivity contribution >= 4 is 27.7 Å². The van der Waals surface area contributed by atoms with Crippen molar-refractivity contribution in [3.63, 3.8) is 0 Å². The number of anilines is 1. The second-order valence-electron chi connectivity index (χ2n) is 6.77. The predicted octanol–water partition coefficient (Wildman–Crippen LogP) is 4.41. The largest absolute Gasteiger partial charge is 0.338 e. The summed E-state index contributed by atoms with van der Waals surface area (Å²) in [6.07, 6.45) is 0.894. The molecule has 0 bridgehead atoms. The van der Waals surface area contributed by atoms with E-state index in [9.17, 15) is 4.79 Å². The van der Waals surface area contributed by atoms with Gasteiger partial charge in [-0.3, -0.25) is 10.1 Å². The Morgan fingerprint density at radius 1 is 1.29 bits per heavy atom. The number of amides is 1. The molecule has 1 heterocycles. The highest BCUT2D eigenvalue weighted by atomic mass is 79.9. The van der Waals surface area contributed by atoms with E-state index in [0.717, 1.165) is 22.2 Å². The van der Waals surface area contributed by atoms with Gasteiger partial charge in [0.2, 0.25) is 11.8 Å². The van der Waals surface area contributed by atoms with E-state index in [0.29, 0.717) is 5.88 Å². The average molecular weight is 394 g/mol. The van der Waals surface area contributed by atoms with Gasteiger partial charge in [-0.2, -0.15) is 0 Å². The third kappa shape index (κ3) is 5.18. The number of hydrogen-bond donors (Lipinski definition) is 2. The Morgan fingerprint density at radius 2 is 1.96 bits per heavy atom. The SMILES string of the molecule is CC[C@H](NCC(=O)Nc1cc(C(C)(C)C)no1)c1ccc(Br)cc1. The predicted molar refractivity (Wildman–Crippen MR) is 99.0 cm³/mol. The number of nitrogens with one attached hydrogen (secondary N) is 2. The van der Waals surface area contributed by atoms with E-state index >= 15 is 0 Å². The number of halogens is 1. The Hall–Kier alpha value is -1.66. The van der Waals surface area contributed by atoms with Crippen LogP contribution in [0.25, 0.3) is 0 Å². The van der Waals surface area contributed by atoms with E-state index < -0.39 is 0 Å². The third-order valence-corrected chi connectivity index (χ3v) is 4.26. The third-order valence-electron chi connectivity index (χ3n) is 3.73. The number of rotatable bonds is 6. The van der Waals surface area contributed by atoms with E-state index in [-0.39, 0.29) is 23.9 Å². The molecule has 0 saturated heterocycles. The summed E-state index contributed by atoms with van der Waals surface area (Å²) in [5.41, 5.74) is 1.86. The van der Waals surface area contributed by atoms with Crippen molar-refractivity contribution in [1.82, 2.24) is 10.5 Å². The maximum atomic E-state index is 12.1. The van der Waals surface area contributed by atoms with E-state index in [1.807, 2.05) is 32.9 Å². The Balaban J connectivity index is 1.90. The summed E-state index contributed by atoms with van der Waals surface area (Å²) >= 11 is 3.43. The molecule has 0 aliphatic heterocycles. The molecule has 0 spiro atoms. The van der Waals surface area contributed by atoms with Crippen molar-refractivity contribution in [3.8, 4) is 0 Å². The van der Waals surface area contributed by atoms with Gasteiger partial charge in [0, 0.05) is 22.0 Å². The molecule has 2 aromatic rings. The zero-order chi connectivity index (χ0) is 17.7. The molecule has 1 aromatic heterocycles. The molecule has 1 aromatic carbocycles. The van der Waals surface area contributed by atoms with Crippen LogP contribution in [0.15, 0.2) is 39.3 Å². The lowest BCUT2D eigenvalue weighted by atomic mass is 9.92. The van der Waals surface area contributed by atoms with Crippen molar-refractivity contribution in [3.05, 3.63) is 46.1 Å². The molecule has 5 nitrogen and oxygen atoms in total. The Bertz CT molecular complexity index is 674. The van der Waals surface area contributed by atoms with Crippen LogP contribution in [0.5, 0.6) is 0 Å². The zero-order valence-corrected chi connectivity index (χ0v) is 16.1. The van der Waals surface area contributed by atoms with E-state index in [4.69, 9.17) is 4.52 Å². The summed E-state index contributed by atoms with van der Waals surface area (Å²) in [4.78, 5) is 12.1. The summed E-state index contributed by atoms with van der Waals surface area (Å²) in [6, 6.07) is 10.0. The van der Waals surface area contributed by atoms with Crippen LogP contribution in [-0.4, -0.2) is 17.6 Å². The summed E-state index contributed by atoms with van der Waals surface area (Å²) < 4.78 is 6.22. The normalized spacial score (nSPS) is 12.9. The number of carbonyl (C=O) groups is 1. The van der Waals surface area contributed by atoms with Crippen molar-refractivity contribution < 1.29 is 9.32 Å². The first-order chi connectivity index (χ1) is 11.3. The minimum Gasteiger partial charge on any atom is -0.338 e. The van der Waals surface area contributed by atoms with Crippen LogP contribution in [0.3, 0.4) is 0 Å². The highest BCUT2D eigenvalue weighted by Gasteiger charge is 2.20. The lowest BCUT2D eigenvalue weighted by Crippen LogP contribution is -2.31. The molecular formula is C18H24BrN3O2.